The zero-order chi connectivity index (χ0) is 19.4. The van der Waals surface area contributed by atoms with Gasteiger partial charge in [-0.1, -0.05) is 6.92 Å². The lowest BCUT2D eigenvalue weighted by molar-refractivity contribution is 0.0934. The average Bonchev–Trinajstić information content (AvgIpc) is 2.72. The lowest BCUT2D eigenvalue weighted by Gasteiger charge is -2.30. The summed E-state index contributed by atoms with van der Waals surface area (Å²) in [6.45, 7) is 5.51. The number of anilines is 1. The van der Waals surface area contributed by atoms with Gasteiger partial charge in [-0.25, -0.2) is 9.97 Å². The number of carbonyl (C=O) groups excluding carboxylic acids is 1. The third kappa shape index (κ3) is 4.13. The van der Waals surface area contributed by atoms with Gasteiger partial charge in [0.15, 0.2) is 11.5 Å². The lowest BCUT2D eigenvalue weighted by atomic mass is 9.98. The van der Waals surface area contributed by atoms with E-state index >= 15 is 0 Å². The van der Waals surface area contributed by atoms with Crippen molar-refractivity contribution in [2.75, 3.05) is 25.7 Å². The minimum absolute atomic E-state index is 0.111. The van der Waals surface area contributed by atoms with Gasteiger partial charge in [-0.15, -0.1) is 0 Å². The van der Waals surface area contributed by atoms with Gasteiger partial charge >= 0.3 is 0 Å². The molecule has 0 aliphatic carbocycles. The zero-order valence-electron chi connectivity index (χ0n) is 16.3. The van der Waals surface area contributed by atoms with Gasteiger partial charge in [0.2, 0.25) is 0 Å². The largest absolute Gasteiger partial charge is 0.493 e. The van der Waals surface area contributed by atoms with E-state index in [1.807, 2.05) is 26.0 Å². The van der Waals surface area contributed by atoms with E-state index < -0.39 is 0 Å². The van der Waals surface area contributed by atoms with Crippen LogP contribution < -0.4 is 19.7 Å². The van der Waals surface area contributed by atoms with Gasteiger partial charge in [-0.05, 0) is 43.0 Å². The molecule has 0 fully saturated rings. The Morgan fingerprint density at radius 2 is 1.89 bits per heavy atom. The minimum atomic E-state index is -0.170. The first-order chi connectivity index (χ1) is 13.0. The third-order valence-electron chi connectivity index (χ3n) is 4.92. The molecule has 2 heterocycles. The summed E-state index contributed by atoms with van der Waals surface area (Å²) in [5.41, 5.74) is 2.80. The predicted molar refractivity (Wildman–Crippen MR) is 104 cm³/mol. The molecule has 1 unspecified atom stereocenters. The highest BCUT2D eigenvalue weighted by atomic mass is 16.5. The molecule has 1 N–H and O–H groups in total. The number of aromatic nitrogens is 2. The Balaban J connectivity index is 1.81. The second-order valence-corrected chi connectivity index (χ2v) is 6.69. The van der Waals surface area contributed by atoms with Crippen LogP contribution in [-0.4, -0.2) is 42.7 Å². The Morgan fingerprint density at radius 1 is 1.19 bits per heavy atom. The maximum atomic E-state index is 12.4. The second kappa shape index (κ2) is 8.24. The van der Waals surface area contributed by atoms with Gasteiger partial charge in [-0.2, -0.15) is 0 Å². The van der Waals surface area contributed by atoms with E-state index in [0.29, 0.717) is 12.2 Å². The first-order valence-corrected chi connectivity index (χ1v) is 9.17. The van der Waals surface area contributed by atoms with Crippen LogP contribution in [0.3, 0.4) is 0 Å². The van der Waals surface area contributed by atoms with Crippen LogP contribution in [0.2, 0.25) is 0 Å². The number of methoxy groups -OCH3 is 2. The van der Waals surface area contributed by atoms with Crippen LogP contribution in [0, 0.1) is 0 Å². The Kier molecular flexibility index (Phi) is 5.78. The van der Waals surface area contributed by atoms with E-state index in [4.69, 9.17) is 9.47 Å². The highest BCUT2D eigenvalue weighted by molar-refractivity contribution is 5.93. The number of nitrogens with one attached hydrogen (secondary N) is 1. The van der Waals surface area contributed by atoms with Crippen molar-refractivity contribution in [1.29, 1.82) is 0 Å². The molecule has 1 aromatic heterocycles. The summed E-state index contributed by atoms with van der Waals surface area (Å²) in [6, 6.07) is 5.91. The Labute approximate surface area is 159 Å². The molecular formula is C20H26N4O3. The molecule has 1 atom stereocenters. The highest BCUT2D eigenvalue weighted by Gasteiger charge is 2.21. The first kappa shape index (κ1) is 18.9. The molecule has 2 aromatic rings. The van der Waals surface area contributed by atoms with Crippen molar-refractivity contribution in [3.8, 4) is 11.5 Å². The van der Waals surface area contributed by atoms with Crippen LogP contribution in [0.25, 0.3) is 0 Å². The molecule has 1 aliphatic heterocycles. The summed E-state index contributed by atoms with van der Waals surface area (Å²) in [7, 11) is 3.28. The smallest absolute Gasteiger partial charge is 0.270 e. The monoisotopic (exact) mass is 370 g/mol. The van der Waals surface area contributed by atoms with E-state index in [2.05, 4.69) is 20.2 Å². The second-order valence-electron chi connectivity index (χ2n) is 6.69. The van der Waals surface area contributed by atoms with E-state index in [9.17, 15) is 4.79 Å². The van der Waals surface area contributed by atoms with Crippen LogP contribution >= 0.6 is 0 Å². The summed E-state index contributed by atoms with van der Waals surface area (Å²) in [5, 5.41) is 2.94. The first-order valence-electron chi connectivity index (χ1n) is 9.17. The molecule has 27 heavy (non-hydrogen) atoms. The predicted octanol–water partition coefficient (Wildman–Crippen LogP) is 2.58. The summed E-state index contributed by atoms with van der Waals surface area (Å²) >= 11 is 0. The van der Waals surface area contributed by atoms with Crippen molar-refractivity contribution in [2.45, 2.75) is 39.3 Å². The number of nitrogens with zero attached hydrogens (tertiary/aromatic N) is 3. The molecule has 144 valence electrons. The van der Waals surface area contributed by atoms with Gasteiger partial charge in [-0.3, -0.25) is 4.79 Å². The zero-order valence-corrected chi connectivity index (χ0v) is 16.3. The number of rotatable bonds is 6. The van der Waals surface area contributed by atoms with Crippen LogP contribution in [0.1, 0.15) is 41.9 Å². The van der Waals surface area contributed by atoms with E-state index in [1.165, 1.54) is 17.5 Å². The molecule has 0 radical (unpaired) electrons. The Bertz CT molecular complexity index is 825. The number of amides is 1. The van der Waals surface area contributed by atoms with Crippen LogP contribution in [0.15, 0.2) is 24.5 Å². The number of carbonyl (C=O) groups is 1. The van der Waals surface area contributed by atoms with Crippen molar-refractivity contribution < 1.29 is 14.3 Å². The minimum Gasteiger partial charge on any atom is -0.493 e. The van der Waals surface area contributed by atoms with Crippen molar-refractivity contribution >= 4 is 11.7 Å². The fraction of sp³-hybridized carbons (Fsp3) is 0.450. The molecule has 3 rings (SSSR count). The van der Waals surface area contributed by atoms with Crippen molar-refractivity contribution in [3.63, 3.8) is 0 Å². The SMILES string of the molecule is CCC(C)NC(=O)c1cc(N2CCc3cc(OC)c(OC)cc3C2)ncn1. The normalized spacial score (nSPS) is 14.3. The standard InChI is InChI=1S/C20H26N4O3/c1-5-13(2)23-20(25)16-10-19(22-12-21-16)24-7-6-14-8-17(26-3)18(27-4)9-15(14)11-24/h8-10,12-13H,5-7,11H2,1-4H3,(H,23,25). The molecule has 0 spiro atoms. The third-order valence-corrected chi connectivity index (χ3v) is 4.92. The van der Waals surface area contributed by atoms with Crippen LogP contribution in [0.4, 0.5) is 5.82 Å². The van der Waals surface area contributed by atoms with Crippen molar-refractivity contribution in [3.05, 3.63) is 41.3 Å². The van der Waals surface area contributed by atoms with Crippen molar-refractivity contribution in [2.24, 2.45) is 0 Å². The molecule has 1 amide bonds. The van der Waals surface area contributed by atoms with Gasteiger partial charge in [0.05, 0.1) is 14.2 Å². The molecule has 0 saturated carbocycles. The summed E-state index contributed by atoms with van der Waals surface area (Å²) in [4.78, 5) is 23.0. The van der Waals surface area contributed by atoms with Crippen molar-refractivity contribution in [1.82, 2.24) is 15.3 Å². The maximum absolute atomic E-state index is 12.4. The van der Waals surface area contributed by atoms with Gasteiger partial charge in [0.1, 0.15) is 17.8 Å². The number of hydrogen-bond donors (Lipinski definition) is 1. The molecular weight excluding hydrogens is 344 g/mol. The number of benzene rings is 1. The summed E-state index contributed by atoms with van der Waals surface area (Å²) in [6.07, 6.45) is 3.19. The fourth-order valence-electron chi connectivity index (χ4n) is 3.12. The highest BCUT2D eigenvalue weighted by Crippen LogP contribution is 2.34. The number of hydrogen-bond acceptors (Lipinski definition) is 6. The van der Waals surface area contributed by atoms with Crippen LogP contribution in [-0.2, 0) is 13.0 Å². The molecule has 1 aliphatic rings. The molecule has 7 nitrogen and oxygen atoms in total. The molecule has 0 bridgehead atoms. The van der Waals surface area contributed by atoms with E-state index in [-0.39, 0.29) is 11.9 Å². The van der Waals surface area contributed by atoms with Gasteiger partial charge in [0.25, 0.3) is 5.91 Å². The Hall–Kier alpha value is -2.83. The topological polar surface area (TPSA) is 76.6 Å². The molecule has 1 aromatic carbocycles. The van der Waals surface area contributed by atoms with E-state index in [0.717, 1.165) is 36.7 Å². The average molecular weight is 370 g/mol. The molecule has 7 heteroatoms. The summed E-state index contributed by atoms with van der Waals surface area (Å²) in [5.74, 6) is 2.04. The summed E-state index contributed by atoms with van der Waals surface area (Å²) < 4.78 is 10.8. The van der Waals surface area contributed by atoms with E-state index in [1.54, 1.807) is 20.3 Å². The number of ether oxygens (including phenoxy) is 2. The number of fused-ring (bicyclic) bond motifs is 1. The Morgan fingerprint density at radius 3 is 2.56 bits per heavy atom. The van der Waals surface area contributed by atoms with Gasteiger partial charge in [0, 0.05) is 25.2 Å². The quantitative estimate of drug-likeness (QED) is 0.842. The molecule has 0 saturated heterocycles. The maximum Gasteiger partial charge on any atom is 0.270 e. The fourth-order valence-corrected chi connectivity index (χ4v) is 3.12. The van der Waals surface area contributed by atoms with Crippen LogP contribution in [0.5, 0.6) is 11.5 Å². The lowest BCUT2D eigenvalue weighted by Crippen LogP contribution is -2.34. The van der Waals surface area contributed by atoms with Gasteiger partial charge < -0.3 is 19.7 Å².